The van der Waals surface area contributed by atoms with Gasteiger partial charge in [0.25, 0.3) is 5.91 Å². The number of fused-ring (bicyclic) bond motifs is 1. The van der Waals surface area contributed by atoms with E-state index >= 15 is 0 Å². The van der Waals surface area contributed by atoms with Gasteiger partial charge in [-0.15, -0.1) is 11.3 Å². The first kappa shape index (κ1) is 7.30. The van der Waals surface area contributed by atoms with Crippen molar-refractivity contribution in [2.24, 2.45) is 5.73 Å². The second-order valence-corrected chi connectivity index (χ2v) is 3.41. The van der Waals surface area contributed by atoms with E-state index in [-0.39, 0.29) is 0 Å². The van der Waals surface area contributed by atoms with Gasteiger partial charge in [0.15, 0.2) is 5.01 Å². The van der Waals surface area contributed by atoms with Crippen LogP contribution in [0.2, 0.25) is 0 Å². The summed E-state index contributed by atoms with van der Waals surface area (Å²) in [6, 6.07) is 0. The van der Waals surface area contributed by atoms with E-state index in [0.29, 0.717) is 5.01 Å². The van der Waals surface area contributed by atoms with E-state index in [1.807, 2.05) is 12.2 Å². The van der Waals surface area contributed by atoms with Crippen molar-refractivity contribution in [1.29, 1.82) is 0 Å². The minimum Gasteiger partial charge on any atom is -0.365 e. The molecule has 12 heavy (non-hydrogen) atoms. The van der Waals surface area contributed by atoms with Crippen molar-refractivity contribution in [3.05, 3.63) is 16.0 Å². The maximum absolute atomic E-state index is 10.7. The van der Waals surface area contributed by atoms with Gasteiger partial charge in [-0.25, -0.2) is 4.98 Å². The van der Waals surface area contributed by atoms with Crippen LogP contribution in [0, 0.1) is 0 Å². The average Bonchev–Trinajstić information content (AvgIpc) is 2.46. The van der Waals surface area contributed by atoms with Crippen molar-refractivity contribution in [3.8, 4) is 0 Å². The molecule has 0 saturated carbocycles. The number of aromatic nitrogens is 1. The number of amides is 1. The van der Waals surface area contributed by atoms with Gasteiger partial charge < -0.3 is 11.1 Å². The van der Waals surface area contributed by atoms with E-state index in [1.54, 1.807) is 0 Å². The molecule has 0 fully saturated rings. The molecule has 2 heterocycles. The van der Waals surface area contributed by atoms with Crippen molar-refractivity contribution < 1.29 is 4.79 Å². The molecule has 0 saturated heterocycles. The molecule has 0 bridgehead atoms. The Hall–Kier alpha value is -1.36. The molecule has 1 aliphatic rings. The number of nitrogens with two attached hydrogens (primary N) is 1. The van der Waals surface area contributed by atoms with E-state index in [9.17, 15) is 4.79 Å². The Bertz CT molecular complexity index is 356. The summed E-state index contributed by atoms with van der Waals surface area (Å²) in [5.74, 6) is 0.293. The summed E-state index contributed by atoms with van der Waals surface area (Å²) in [4.78, 5) is 15.7. The molecule has 0 radical (unpaired) electrons. The Kier molecular flexibility index (Phi) is 1.58. The molecule has 0 spiro atoms. The Morgan fingerprint density at radius 1 is 1.75 bits per heavy atom. The predicted molar refractivity (Wildman–Crippen MR) is 48.2 cm³/mol. The molecule has 4 nitrogen and oxygen atoms in total. The van der Waals surface area contributed by atoms with Gasteiger partial charge >= 0.3 is 0 Å². The molecule has 5 heteroatoms. The number of thiazole rings is 1. The zero-order valence-corrected chi connectivity index (χ0v) is 7.02. The van der Waals surface area contributed by atoms with Gasteiger partial charge in [0, 0.05) is 6.54 Å². The molecule has 0 aliphatic carbocycles. The fourth-order valence-corrected chi connectivity index (χ4v) is 1.82. The zero-order chi connectivity index (χ0) is 8.55. The molecule has 1 aromatic heterocycles. The van der Waals surface area contributed by atoms with Gasteiger partial charge in [-0.1, -0.05) is 6.08 Å². The van der Waals surface area contributed by atoms with E-state index in [4.69, 9.17) is 5.73 Å². The number of primary amides is 1. The molecule has 1 amide bonds. The molecule has 1 aromatic rings. The largest absolute Gasteiger partial charge is 0.365 e. The molecule has 2 rings (SSSR count). The predicted octanol–water partition coefficient (Wildman–Crippen LogP) is 0.681. The first-order valence-electron chi connectivity index (χ1n) is 3.48. The van der Waals surface area contributed by atoms with Crippen LogP contribution in [0.4, 0.5) is 5.82 Å². The van der Waals surface area contributed by atoms with Crippen LogP contribution in [0.25, 0.3) is 6.08 Å². The average molecular weight is 181 g/mol. The number of carbonyl (C=O) groups excluding carboxylic acids is 1. The lowest BCUT2D eigenvalue weighted by Gasteiger charge is -2.03. The second kappa shape index (κ2) is 2.60. The van der Waals surface area contributed by atoms with Crippen LogP contribution in [-0.4, -0.2) is 17.4 Å². The summed E-state index contributed by atoms with van der Waals surface area (Å²) in [5.41, 5.74) is 5.08. The summed E-state index contributed by atoms with van der Waals surface area (Å²) in [6.45, 7) is 0.759. The summed E-state index contributed by atoms with van der Waals surface area (Å²) in [6.07, 6.45) is 3.92. The van der Waals surface area contributed by atoms with Gasteiger partial charge in [-0.05, 0) is 6.08 Å². The molecule has 0 atom stereocenters. The Balaban J connectivity index is 2.46. The van der Waals surface area contributed by atoms with Crippen molar-refractivity contribution in [1.82, 2.24) is 4.98 Å². The minimum atomic E-state index is -0.468. The van der Waals surface area contributed by atoms with Gasteiger partial charge in [-0.2, -0.15) is 0 Å². The van der Waals surface area contributed by atoms with E-state index in [1.165, 1.54) is 11.3 Å². The van der Waals surface area contributed by atoms with E-state index < -0.39 is 5.91 Å². The highest BCUT2D eigenvalue weighted by Gasteiger charge is 2.13. The summed E-state index contributed by atoms with van der Waals surface area (Å²) in [7, 11) is 0. The fraction of sp³-hybridized carbons (Fsp3) is 0.143. The van der Waals surface area contributed by atoms with Crippen LogP contribution in [0.5, 0.6) is 0 Å². The van der Waals surface area contributed by atoms with Gasteiger partial charge in [-0.3, -0.25) is 4.79 Å². The number of carbonyl (C=O) groups is 1. The highest BCUT2D eigenvalue weighted by atomic mass is 32.1. The monoisotopic (exact) mass is 181 g/mol. The van der Waals surface area contributed by atoms with Crippen molar-refractivity contribution in [2.75, 3.05) is 11.9 Å². The highest BCUT2D eigenvalue weighted by molar-refractivity contribution is 7.15. The topological polar surface area (TPSA) is 68.0 Å². The molecule has 1 aliphatic heterocycles. The number of nitrogens with one attached hydrogen (secondary N) is 1. The molecule has 0 unspecified atom stereocenters. The van der Waals surface area contributed by atoms with Crippen LogP contribution >= 0.6 is 11.3 Å². The first-order valence-corrected chi connectivity index (χ1v) is 4.30. The van der Waals surface area contributed by atoms with Crippen LogP contribution in [0.3, 0.4) is 0 Å². The van der Waals surface area contributed by atoms with E-state index in [2.05, 4.69) is 10.3 Å². The maximum atomic E-state index is 10.7. The second-order valence-electron chi connectivity index (χ2n) is 2.38. The number of rotatable bonds is 1. The van der Waals surface area contributed by atoms with Crippen molar-refractivity contribution >= 4 is 29.1 Å². The van der Waals surface area contributed by atoms with Crippen LogP contribution in [0.1, 0.15) is 14.7 Å². The smallest absolute Gasteiger partial charge is 0.277 e. The van der Waals surface area contributed by atoms with Gasteiger partial charge in [0.2, 0.25) is 0 Å². The fourth-order valence-electron chi connectivity index (χ4n) is 0.999. The highest BCUT2D eigenvalue weighted by Crippen LogP contribution is 2.26. The normalized spacial score (nSPS) is 13.7. The molecular weight excluding hydrogens is 174 g/mol. The lowest BCUT2D eigenvalue weighted by Crippen LogP contribution is -2.10. The van der Waals surface area contributed by atoms with Crippen LogP contribution in [0.15, 0.2) is 6.08 Å². The Labute approximate surface area is 73.1 Å². The molecule has 62 valence electrons. The lowest BCUT2D eigenvalue weighted by atomic mass is 10.3. The Morgan fingerprint density at radius 3 is 3.25 bits per heavy atom. The van der Waals surface area contributed by atoms with E-state index in [0.717, 1.165) is 17.2 Å². The van der Waals surface area contributed by atoms with Crippen molar-refractivity contribution in [2.45, 2.75) is 0 Å². The Morgan fingerprint density at radius 2 is 2.58 bits per heavy atom. The maximum Gasteiger partial charge on any atom is 0.277 e. The standard InChI is InChI=1S/C7H7N3OS/c8-5(11)7-10-6-4(12-7)2-1-3-9-6/h1-2,9H,3H2,(H2,8,11). The third-order valence-corrected chi connectivity index (χ3v) is 2.56. The first-order chi connectivity index (χ1) is 5.77. The van der Waals surface area contributed by atoms with Crippen LogP contribution < -0.4 is 11.1 Å². The molecule has 3 N–H and O–H groups in total. The lowest BCUT2D eigenvalue weighted by molar-refractivity contribution is 0.1000. The third kappa shape index (κ3) is 1.08. The molecular formula is C7H7N3OS. The summed E-state index contributed by atoms with van der Waals surface area (Å²) >= 11 is 1.31. The van der Waals surface area contributed by atoms with Crippen LogP contribution in [-0.2, 0) is 0 Å². The quantitative estimate of drug-likeness (QED) is 0.669. The summed E-state index contributed by atoms with van der Waals surface area (Å²) in [5, 5.41) is 3.40. The van der Waals surface area contributed by atoms with Crippen molar-refractivity contribution in [3.63, 3.8) is 0 Å². The summed E-state index contributed by atoms with van der Waals surface area (Å²) < 4.78 is 0. The zero-order valence-electron chi connectivity index (χ0n) is 6.20. The minimum absolute atomic E-state index is 0.360. The number of hydrogen-bond acceptors (Lipinski definition) is 4. The third-order valence-electron chi connectivity index (χ3n) is 1.52. The SMILES string of the molecule is NC(=O)c1nc2c(s1)C=CCN2. The van der Waals surface area contributed by atoms with Gasteiger partial charge in [0.1, 0.15) is 5.82 Å². The number of nitrogens with zero attached hydrogens (tertiary/aromatic N) is 1. The number of hydrogen-bond donors (Lipinski definition) is 2. The molecule has 0 aromatic carbocycles. The number of anilines is 1. The van der Waals surface area contributed by atoms with Gasteiger partial charge in [0.05, 0.1) is 4.88 Å².